The zero-order valence-electron chi connectivity index (χ0n) is 25.3. The van der Waals surface area contributed by atoms with Gasteiger partial charge < -0.3 is 69.2 Å². The lowest BCUT2D eigenvalue weighted by atomic mass is 10.1. The highest BCUT2D eigenvalue weighted by Crippen LogP contribution is 1.99. The molecule has 0 saturated heterocycles. The second-order valence-corrected chi connectivity index (χ2v) is 10.4. The molecule has 48 heavy (non-hydrogen) atoms. The van der Waals surface area contributed by atoms with Crippen molar-refractivity contribution < 1.29 is 62.1 Å². The van der Waals surface area contributed by atoms with E-state index < -0.39 is 127 Å². The van der Waals surface area contributed by atoms with Gasteiger partial charge in [0.1, 0.15) is 18.1 Å². The van der Waals surface area contributed by atoms with Gasteiger partial charge >= 0.3 is 11.9 Å². The number of rotatable bonds is 23. The molecule has 7 amide bonds. The molecule has 16 N–H and O–H groups in total. The van der Waals surface area contributed by atoms with Crippen molar-refractivity contribution in [1.82, 2.24) is 37.2 Å². The molecule has 270 valence electrons. The molecule has 0 rings (SSSR count). The van der Waals surface area contributed by atoms with E-state index in [0.29, 0.717) is 0 Å². The fraction of sp³-hybridized carbons (Fsp3) is 0.565. The Balaban J connectivity index is 4.78. The molecule has 24 nitrogen and oxygen atoms in total. The van der Waals surface area contributed by atoms with Crippen molar-refractivity contribution in [2.24, 2.45) is 22.2 Å². The smallest absolute Gasteiger partial charge is 0.326 e. The summed E-state index contributed by atoms with van der Waals surface area (Å²) in [5.41, 5.74) is 15.5. The lowest BCUT2D eigenvalue weighted by Crippen LogP contribution is -2.54. The first kappa shape index (κ1) is 42.6. The molecule has 0 saturated carbocycles. The minimum absolute atomic E-state index is 0.0501. The highest BCUT2D eigenvalue weighted by Gasteiger charge is 2.26. The van der Waals surface area contributed by atoms with Crippen molar-refractivity contribution in [3.63, 3.8) is 0 Å². The van der Waals surface area contributed by atoms with Crippen LogP contribution < -0.4 is 54.4 Å². The van der Waals surface area contributed by atoms with Gasteiger partial charge in [-0.05, 0) is 12.8 Å². The molecule has 0 bridgehead atoms. The lowest BCUT2D eigenvalue weighted by Gasteiger charge is -2.18. The predicted molar refractivity (Wildman–Crippen MR) is 162 cm³/mol. The summed E-state index contributed by atoms with van der Waals surface area (Å²) >= 11 is -2.61. The van der Waals surface area contributed by atoms with E-state index in [2.05, 4.69) is 42.2 Å². The fourth-order valence-electron chi connectivity index (χ4n) is 3.28. The third kappa shape index (κ3) is 20.6. The number of aliphatic carboxylic acids is 2. The van der Waals surface area contributed by atoms with E-state index in [1.807, 2.05) is 0 Å². The number of carbonyl (C=O) groups is 9. The fourth-order valence-corrected chi connectivity index (χ4v) is 3.80. The minimum atomic E-state index is -2.61. The van der Waals surface area contributed by atoms with Crippen LogP contribution in [0.15, 0.2) is 4.99 Å². The summed E-state index contributed by atoms with van der Waals surface area (Å²) in [7, 11) is 0. The molecule has 0 aliphatic carbocycles. The average molecular weight is 710 g/mol. The summed E-state index contributed by atoms with van der Waals surface area (Å²) < 4.78 is 20.5. The van der Waals surface area contributed by atoms with Crippen molar-refractivity contribution in [2.45, 2.75) is 37.4 Å². The van der Waals surface area contributed by atoms with Crippen LogP contribution >= 0.6 is 0 Å². The Morgan fingerprint density at radius 3 is 1.60 bits per heavy atom. The molecule has 1 unspecified atom stereocenters. The highest BCUT2D eigenvalue weighted by atomic mass is 32.2. The number of nitrogens with two attached hydrogens (primary N) is 3. The summed E-state index contributed by atoms with van der Waals surface area (Å²) in [5.74, 6) is -10.5. The van der Waals surface area contributed by atoms with E-state index >= 15 is 0 Å². The van der Waals surface area contributed by atoms with Gasteiger partial charge in [-0.1, -0.05) is 0 Å². The summed E-state index contributed by atoms with van der Waals surface area (Å²) in [6, 6.07) is -4.53. The predicted octanol–water partition coefficient (Wildman–Crippen LogP) is -8.30. The molecule has 0 aliphatic heterocycles. The highest BCUT2D eigenvalue weighted by molar-refractivity contribution is 7.79. The summed E-state index contributed by atoms with van der Waals surface area (Å²) in [6.07, 6.45) is -0.647. The van der Waals surface area contributed by atoms with E-state index in [-0.39, 0.29) is 25.3 Å². The van der Waals surface area contributed by atoms with Gasteiger partial charge in [0, 0.05) is 6.54 Å². The molecule has 0 aromatic rings. The van der Waals surface area contributed by atoms with Gasteiger partial charge in [0.05, 0.1) is 44.9 Å². The summed E-state index contributed by atoms with van der Waals surface area (Å²) in [6.45, 7) is -3.37. The van der Waals surface area contributed by atoms with Crippen molar-refractivity contribution in [3.05, 3.63) is 0 Å². The molecule has 0 aliphatic rings. The van der Waals surface area contributed by atoms with Crippen LogP contribution in [-0.4, -0.2) is 141 Å². The molecule has 25 heteroatoms. The maximum atomic E-state index is 12.5. The Hall–Kier alpha value is -5.43. The second-order valence-electron chi connectivity index (χ2n) is 9.43. The van der Waals surface area contributed by atoms with Crippen molar-refractivity contribution >= 4 is 70.3 Å². The Morgan fingerprint density at radius 1 is 0.667 bits per heavy atom. The van der Waals surface area contributed by atoms with Gasteiger partial charge in [-0.15, -0.1) is 0 Å². The number of guanidine groups is 1. The monoisotopic (exact) mass is 709 g/mol. The Kier molecular flexibility index (Phi) is 20.4. The first-order valence-electron chi connectivity index (χ1n) is 13.7. The Bertz CT molecular complexity index is 1260. The van der Waals surface area contributed by atoms with E-state index in [1.165, 1.54) is 0 Å². The Morgan fingerprint density at radius 2 is 1.12 bits per heavy atom. The van der Waals surface area contributed by atoms with Crippen molar-refractivity contribution in [3.8, 4) is 0 Å². The van der Waals surface area contributed by atoms with Gasteiger partial charge in [0.2, 0.25) is 41.4 Å². The second kappa shape index (κ2) is 23.0. The van der Waals surface area contributed by atoms with E-state index in [1.54, 1.807) is 0 Å². The molecule has 0 spiro atoms. The van der Waals surface area contributed by atoms with Gasteiger partial charge in [0.25, 0.3) is 0 Å². The maximum absolute atomic E-state index is 12.5. The third-order valence-electron chi connectivity index (χ3n) is 5.49. The largest absolute Gasteiger partial charge is 0.481 e. The third-order valence-corrected chi connectivity index (χ3v) is 6.11. The van der Waals surface area contributed by atoms with Crippen LogP contribution in [0.25, 0.3) is 0 Å². The number of nitrogens with zero attached hydrogens (tertiary/aromatic N) is 1. The van der Waals surface area contributed by atoms with Crippen LogP contribution in [-0.2, 0) is 54.2 Å². The first-order valence-corrected chi connectivity index (χ1v) is 15.0. The van der Waals surface area contributed by atoms with Gasteiger partial charge in [-0.3, -0.25) is 43.3 Å². The normalized spacial score (nSPS) is 12.8. The Labute approximate surface area is 274 Å². The molecular formula is C23H39N11O13S. The van der Waals surface area contributed by atoms with Crippen LogP contribution in [0.5, 0.6) is 0 Å². The van der Waals surface area contributed by atoms with Crippen LogP contribution in [0.2, 0.25) is 0 Å². The summed E-state index contributed by atoms with van der Waals surface area (Å²) in [4.78, 5) is 110. The number of aliphatic imine (C=N–C) groups is 1. The van der Waals surface area contributed by atoms with E-state index in [9.17, 15) is 57.0 Å². The van der Waals surface area contributed by atoms with Crippen molar-refractivity contribution in [1.29, 1.82) is 0 Å². The minimum Gasteiger partial charge on any atom is -0.481 e. The number of amides is 7. The number of hydrogen-bond donors (Lipinski definition) is 13. The molecule has 0 heterocycles. The van der Waals surface area contributed by atoms with Gasteiger partial charge in [-0.25, -0.2) is 9.00 Å². The van der Waals surface area contributed by atoms with Crippen LogP contribution in [0.4, 0.5) is 0 Å². The zero-order valence-corrected chi connectivity index (χ0v) is 26.1. The standard InChI is InChI=1S/C23H39N11O13S/c24-5-14(35)33-12(4-19(40)41)20(42)30-7-16(37)28-6-15(36)29-8-17(38)34-13(10-48(46)47)21(43)31-9-18(39)32-11(22(44)45)2-1-3-27-23(25)26/h11-13H,1-10,24H2,(H,28,37)(H,29,36)(H,30,42)(H,31,43)(H,32,39)(H,33,35)(H,34,38)(H,40,41)(H,44,45)(H,46,47)(H4,25,26,27)/t11-,12-,13-/m0/s1. The first-order chi connectivity index (χ1) is 22.4. The molecule has 0 fully saturated rings. The topological polar surface area (TPSA) is 406 Å². The van der Waals surface area contributed by atoms with E-state index in [4.69, 9.17) is 22.3 Å². The maximum Gasteiger partial charge on any atom is 0.326 e. The quantitative estimate of drug-likeness (QED) is 0.0203. The molecule has 0 aromatic carbocycles. The SMILES string of the molecule is NCC(=O)N[C@@H](CC(=O)O)C(=O)NCC(=O)NCC(=O)NCC(=O)N[C@@H](CS(=O)O)C(=O)NCC(=O)N[C@@H](CCCN=C(N)N)C(=O)O. The number of hydrogen-bond acceptors (Lipinski definition) is 12. The van der Waals surface area contributed by atoms with E-state index in [0.717, 1.165) is 0 Å². The van der Waals surface area contributed by atoms with Crippen LogP contribution in [0.1, 0.15) is 19.3 Å². The summed E-state index contributed by atoms with van der Waals surface area (Å²) in [5, 5.41) is 32.8. The lowest BCUT2D eigenvalue weighted by molar-refractivity contribution is -0.142. The average Bonchev–Trinajstić information content (AvgIpc) is 3.00. The number of carbonyl (C=O) groups excluding carboxylic acids is 7. The molecular weight excluding hydrogens is 670 g/mol. The zero-order chi connectivity index (χ0) is 36.8. The van der Waals surface area contributed by atoms with Crippen LogP contribution in [0.3, 0.4) is 0 Å². The molecule has 0 radical (unpaired) electrons. The molecule has 4 atom stereocenters. The number of carboxylic acids is 2. The number of nitrogens with one attached hydrogen (secondary N) is 7. The van der Waals surface area contributed by atoms with Gasteiger partial charge in [-0.2, -0.15) is 0 Å². The molecule has 0 aromatic heterocycles. The van der Waals surface area contributed by atoms with Crippen molar-refractivity contribution in [2.75, 3.05) is 45.0 Å². The van der Waals surface area contributed by atoms with Gasteiger partial charge in [0.15, 0.2) is 17.0 Å². The number of carboxylic acid groups (broad SMARTS) is 2. The van der Waals surface area contributed by atoms with Crippen LogP contribution in [0, 0.1) is 0 Å².